The normalized spacial score (nSPS) is 12.3. The maximum absolute atomic E-state index is 12.1. The second kappa shape index (κ2) is 7.99. The molecule has 0 aliphatic rings. The van der Waals surface area contributed by atoms with Crippen molar-refractivity contribution < 1.29 is 23.8 Å². The summed E-state index contributed by atoms with van der Waals surface area (Å²) in [5, 5.41) is 2.55. The molecule has 0 saturated heterocycles. The van der Waals surface area contributed by atoms with Crippen molar-refractivity contribution in [2.45, 2.75) is 38.8 Å². The van der Waals surface area contributed by atoms with Gasteiger partial charge in [0.15, 0.2) is 0 Å². The van der Waals surface area contributed by atoms with Gasteiger partial charge in [-0.25, -0.2) is 14.6 Å². The van der Waals surface area contributed by atoms with Crippen LogP contribution in [-0.4, -0.2) is 47.9 Å². The number of hydrogen-bond donors (Lipinski definition) is 1. The number of hydrogen-bond acceptors (Lipinski definition) is 7. The molecule has 1 amide bonds. The van der Waals surface area contributed by atoms with E-state index in [0.717, 1.165) is 5.56 Å². The Morgan fingerprint density at radius 3 is 2.54 bits per heavy atom. The highest BCUT2D eigenvalue weighted by atomic mass is 16.6. The lowest BCUT2D eigenvalue weighted by Crippen LogP contribution is -2.45. The highest BCUT2D eigenvalue weighted by molar-refractivity contribution is 5.83. The number of carbonyl (C=O) groups excluding carboxylic acids is 2. The van der Waals surface area contributed by atoms with Crippen molar-refractivity contribution in [3.63, 3.8) is 0 Å². The van der Waals surface area contributed by atoms with Crippen LogP contribution in [0.15, 0.2) is 24.4 Å². The summed E-state index contributed by atoms with van der Waals surface area (Å²) in [6, 6.07) is 4.30. The number of rotatable bonds is 5. The lowest BCUT2D eigenvalue weighted by Gasteiger charge is -2.22. The maximum Gasteiger partial charge on any atom is 0.408 e. The van der Waals surface area contributed by atoms with E-state index in [1.807, 2.05) is 0 Å². The summed E-state index contributed by atoms with van der Waals surface area (Å²) in [7, 11) is 2.78. The van der Waals surface area contributed by atoms with Crippen LogP contribution in [0, 0.1) is 0 Å². The quantitative estimate of drug-likeness (QED) is 0.815. The second-order valence-electron chi connectivity index (χ2n) is 6.62. The summed E-state index contributed by atoms with van der Waals surface area (Å²) in [6.07, 6.45) is 1.09. The third-order valence-electron chi connectivity index (χ3n) is 3.45. The van der Waals surface area contributed by atoms with Gasteiger partial charge in [0.05, 0.1) is 25.3 Å². The minimum Gasteiger partial charge on any atom is -0.481 e. The lowest BCUT2D eigenvalue weighted by atomic mass is 10.1. The Labute approximate surface area is 151 Å². The zero-order valence-electron chi connectivity index (χ0n) is 15.5. The molecular formula is C18H23N3O5. The van der Waals surface area contributed by atoms with Crippen molar-refractivity contribution in [2.75, 3.05) is 14.2 Å². The topological polar surface area (TPSA) is 99.6 Å². The number of amides is 1. The number of methoxy groups -OCH3 is 2. The van der Waals surface area contributed by atoms with Crippen LogP contribution in [0.2, 0.25) is 0 Å². The zero-order valence-corrected chi connectivity index (χ0v) is 15.5. The molecule has 0 fully saturated rings. The summed E-state index contributed by atoms with van der Waals surface area (Å²) in [5.41, 5.74) is 1.29. The first-order valence-electron chi connectivity index (χ1n) is 8.09. The Morgan fingerprint density at radius 1 is 1.19 bits per heavy atom. The van der Waals surface area contributed by atoms with Crippen LogP contribution >= 0.6 is 0 Å². The molecule has 0 aliphatic carbocycles. The number of nitrogens with one attached hydrogen (secondary N) is 1. The molecule has 2 aromatic heterocycles. The number of aromatic nitrogens is 2. The van der Waals surface area contributed by atoms with E-state index in [0.29, 0.717) is 16.9 Å². The monoisotopic (exact) mass is 361 g/mol. The van der Waals surface area contributed by atoms with Gasteiger partial charge in [0.25, 0.3) is 0 Å². The fourth-order valence-corrected chi connectivity index (χ4v) is 2.34. The zero-order chi connectivity index (χ0) is 19.3. The van der Waals surface area contributed by atoms with Crippen LogP contribution in [0.3, 0.4) is 0 Å². The smallest absolute Gasteiger partial charge is 0.408 e. The van der Waals surface area contributed by atoms with Gasteiger partial charge in [-0.15, -0.1) is 0 Å². The lowest BCUT2D eigenvalue weighted by molar-refractivity contribution is -0.143. The first-order chi connectivity index (χ1) is 12.2. The van der Waals surface area contributed by atoms with Crippen LogP contribution in [0.5, 0.6) is 5.88 Å². The van der Waals surface area contributed by atoms with Crippen LogP contribution in [-0.2, 0) is 20.7 Å². The van der Waals surface area contributed by atoms with Crippen molar-refractivity contribution in [3.05, 3.63) is 30.0 Å². The molecular weight excluding hydrogens is 338 g/mol. The molecule has 2 aromatic rings. The highest BCUT2D eigenvalue weighted by Gasteiger charge is 2.26. The van der Waals surface area contributed by atoms with Gasteiger partial charge < -0.3 is 19.5 Å². The summed E-state index contributed by atoms with van der Waals surface area (Å²) in [4.78, 5) is 32.8. The number of alkyl carbamates (subject to hydrolysis) is 1. The summed E-state index contributed by atoms with van der Waals surface area (Å²) < 4.78 is 15.2. The Kier molecular flexibility index (Phi) is 5.97. The third kappa shape index (κ3) is 5.05. The molecule has 140 valence electrons. The average molecular weight is 361 g/mol. The maximum atomic E-state index is 12.1. The van der Waals surface area contributed by atoms with Gasteiger partial charge in [-0.05, 0) is 38.5 Å². The average Bonchev–Trinajstić information content (AvgIpc) is 2.58. The second-order valence-corrected chi connectivity index (χ2v) is 6.62. The molecule has 1 atom stereocenters. The van der Waals surface area contributed by atoms with Crippen molar-refractivity contribution >= 4 is 23.1 Å². The van der Waals surface area contributed by atoms with Gasteiger partial charge in [0, 0.05) is 18.7 Å². The van der Waals surface area contributed by atoms with E-state index in [4.69, 9.17) is 14.2 Å². The van der Waals surface area contributed by atoms with Crippen LogP contribution in [0.4, 0.5) is 4.79 Å². The molecule has 8 nitrogen and oxygen atoms in total. The van der Waals surface area contributed by atoms with Gasteiger partial charge in [-0.1, -0.05) is 0 Å². The molecule has 2 heterocycles. The van der Waals surface area contributed by atoms with E-state index in [2.05, 4.69) is 15.3 Å². The van der Waals surface area contributed by atoms with Crippen molar-refractivity contribution in [1.29, 1.82) is 0 Å². The highest BCUT2D eigenvalue weighted by Crippen LogP contribution is 2.20. The Morgan fingerprint density at radius 2 is 1.92 bits per heavy atom. The molecule has 1 N–H and O–H groups in total. The number of nitrogens with zero attached hydrogens (tertiary/aromatic N) is 2. The molecule has 0 spiro atoms. The van der Waals surface area contributed by atoms with E-state index in [1.165, 1.54) is 14.2 Å². The predicted molar refractivity (Wildman–Crippen MR) is 95.0 cm³/mol. The number of esters is 1. The summed E-state index contributed by atoms with van der Waals surface area (Å²) in [6.45, 7) is 5.23. The first kappa shape index (κ1) is 19.4. The molecule has 0 saturated carbocycles. The Hall–Kier alpha value is -2.90. The van der Waals surface area contributed by atoms with Gasteiger partial charge in [-0.3, -0.25) is 4.98 Å². The van der Waals surface area contributed by atoms with E-state index in [-0.39, 0.29) is 6.42 Å². The first-order valence-corrected chi connectivity index (χ1v) is 8.09. The molecule has 8 heteroatoms. The minimum atomic E-state index is -0.923. The van der Waals surface area contributed by atoms with Crippen molar-refractivity contribution in [2.24, 2.45) is 0 Å². The molecule has 0 aliphatic heterocycles. The van der Waals surface area contributed by atoms with Gasteiger partial charge in [0.1, 0.15) is 11.6 Å². The number of carbonyl (C=O) groups is 2. The number of fused-ring (bicyclic) bond motifs is 1. The largest absolute Gasteiger partial charge is 0.481 e. The van der Waals surface area contributed by atoms with E-state index in [1.54, 1.807) is 45.2 Å². The van der Waals surface area contributed by atoms with Gasteiger partial charge >= 0.3 is 12.1 Å². The molecule has 0 aromatic carbocycles. The number of ether oxygens (including phenoxy) is 3. The Balaban J connectivity index is 2.29. The van der Waals surface area contributed by atoms with E-state index < -0.39 is 23.7 Å². The summed E-state index contributed by atoms with van der Waals surface area (Å²) in [5.74, 6) is -0.148. The standard InChI is InChI=1S/C18H23N3O5/c1-18(2,3)26-17(23)20-13(16(22)25-5)10-11-8-9-19-12-6-7-14(24-4)21-15(11)12/h6-9,13H,10H2,1-5H3,(H,20,23). The number of pyridine rings is 2. The molecule has 1 unspecified atom stereocenters. The molecule has 0 radical (unpaired) electrons. The summed E-state index contributed by atoms with van der Waals surface area (Å²) >= 11 is 0. The van der Waals surface area contributed by atoms with Crippen molar-refractivity contribution in [1.82, 2.24) is 15.3 Å². The van der Waals surface area contributed by atoms with Crippen molar-refractivity contribution in [3.8, 4) is 5.88 Å². The molecule has 26 heavy (non-hydrogen) atoms. The molecule has 0 bridgehead atoms. The van der Waals surface area contributed by atoms with Crippen LogP contribution < -0.4 is 10.1 Å². The van der Waals surface area contributed by atoms with Crippen LogP contribution in [0.1, 0.15) is 26.3 Å². The fraction of sp³-hybridized carbons (Fsp3) is 0.444. The van der Waals surface area contributed by atoms with Gasteiger partial charge in [0.2, 0.25) is 5.88 Å². The van der Waals surface area contributed by atoms with Gasteiger partial charge in [-0.2, -0.15) is 0 Å². The SMILES string of the molecule is COC(=O)C(Cc1ccnc2ccc(OC)nc12)NC(=O)OC(C)(C)C. The van der Waals surface area contributed by atoms with E-state index in [9.17, 15) is 9.59 Å². The minimum absolute atomic E-state index is 0.172. The fourth-order valence-electron chi connectivity index (χ4n) is 2.34. The predicted octanol–water partition coefficient (Wildman–Crippen LogP) is 2.25. The van der Waals surface area contributed by atoms with E-state index >= 15 is 0 Å². The Bertz CT molecular complexity index is 801. The van der Waals surface area contributed by atoms with Crippen LogP contribution in [0.25, 0.3) is 11.0 Å². The third-order valence-corrected chi connectivity index (χ3v) is 3.45. The molecule has 2 rings (SSSR count).